The van der Waals surface area contributed by atoms with Crippen molar-refractivity contribution >= 4 is 23.5 Å². The fraction of sp³-hybridized carbons (Fsp3) is 0.235. The number of aromatic nitrogens is 1. The third-order valence-electron chi connectivity index (χ3n) is 3.77. The molecule has 0 spiro atoms. The van der Waals surface area contributed by atoms with Gasteiger partial charge in [0.1, 0.15) is 5.15 Å². The van der Waals surface area contributed by atoms with Gasteiger partial charge < -0.3 is 9.64 Å². The Kier molecular flexibility index (Phi) is 4.57. The normalized spacial score (nSPS) is 13.3. The average molecular weight is 331 g/mol. The zero-order valence-electron chi connectivity index (χ0n) is 12.4. The van der Waals surface area contributed by atoms with Crippen LogP contribution in [0.15, 0.2) is 42.6 Å². The lowest BCUT2D eigenvalue weighted by Crippen LogP contribution is -2.38. The molecule has 1 amide bonds. The minimum Gasteiger partial charge on any atom is -0.452 e. The highest BCUT2D eigenvalue weighted by atomic mass is 35.5. The van der Waals surface area contributed by atoms with E-state index in [-0.39, 0.29) is 23.2 Å². The summed E-state index contributed by atoms with van der Waals surface area (Å²) >= 11 is 5.73. The summed E-state index contributed by atoms with van der Waals surface area (Å²) in [5.74, 6) is -0.784. The number of carbonyl (C=O) groups excluding carboxylic acids is 2. The first-order chi connectivity index (χ1) is 11.1. The molecule has 118 valence electrons. The lowest BCUT2D eigenvalue weighted by Gasteiger charge is -2.28. The van der Waals surface area contributed by atoms with E-state index in [1.165, 1.54) is 23.9 Å². The number of hydrogen-bond donors (Lipinski definition) is 0. The topological polar surface area (TPSA) is 59.5 Å². The number of halogens is 1. The lowest BCUT2D eigenvalue weighted by atomic mass is 10.00. The van der Waals surface area contributed by atoms with Crippen molar-refractivity contribution in [2.75, 3.05) is 13.2 Å². The van der Waals surface area contributed by atoms with E-state index in [2.05, 4.69) is 11.1 Å². The molecule has 0 radical (unpaired) electrons. The molecule has 23 heavy (non-hydrogen) atoms. The van der Waals surface area contributed by atoms with Crippen molar-refractivity contribution in [3.05, 3.63) is 64.4 Å². The van der Waals surface area contributed by atoms with Crippen LogP contribution in [0.1, 0.15) is 21.5 Å². The number of amides is 1. The summed E-state index contributed by atoms with van der Waals surface area (Å²) in [4.78, 5) is 29.6. The van der Waals surface area contributed by atoms with Gasteiger partial charge in [-0.25, -0.2) is 9.78 Å². The van der Waals surface area contributed by atoms with Crippen molar-refractivity contribution < 1.29 is 14.3 Å². The Morgan fingerprint density at radius 3 is 2.78 bits per heavy atom. The molecule has 5 nitrogen and oxygen atoms in total. The number of carbonyl (C=O) groups is 2. The van der Waals surface area contributed by atoms with Gasteiger partial charge in [-0.15, -0.1) is 0 Å². The minimum absolute atomic E-state index is 0.201. The number of fused-ring (bicyclic) bond motifs is 1. The van der Waals surface area contributed by atoms with Gasteiger partial charge in [0, 0.05) is 19.3 Å². The quantitative estimate of drug-likeness (QED) is 0.641. The van der Waals surface area contributed by atoms with Gasteiger partial charge >= 0.3 is 5.97 Å². The summed E-state index contributed by atoms with van der Waals surface area (Å²) in [6.45, 7) is 0.906. The molecule has 0 aliphatic carbocycles. The molecule has 0 fully saturated rings. The Bertz CT molecular complexity index is 748. The number of esters is 1. The number of nitrogens with zero attached hydrogens (tertiary/aromatic N) is 2. The van der Waals surface area contributed by atoms with Crippen molar-refractivity contribution in [2.45, 2.75) is 13.0 Å². The van der Waals surface area contributed by atoms with Crippen molar-refractivity contribution in [3.63, 3.8) is 0 Å². The maximum atomic E-state index is 12.2. The maximum absolute atomic E-state index is 12.2. The van der Waals surface area contributed by atoms with Gasteiger partial charge in [0.2, 0.25) is 0 Å². The zero-order chi connectivity index (χ0) is 16.2. The Morgan fingerprint density at radius 1 is 1.22 bits per heavy atom. The molecule has 0 N–H and O–H groups in total. The van der Waals surface area contributed by atoms with Crippen molar-refractivity contribution in [2.24, 2.45) is 0 Å². The van der Waals surface area contributed by atoms with E-state index in [9.17, 15) is 9.59 Å². The fourth-order valence-corrected chi connectivity index (χ4v) is 2.71. The van der Waals surface area contributed by atoms with Crippen molar-refractivity contribution in [1.82, 2.24) is 9.88 Å². The molecule has 0 unspecified atom stereocenters. The first kappa shape index (κ1) is 15.5. The fourth-order valence-electron chi connectivity index (χ4n) is 2.54. The van der Waals surface area contributed by atoms with Crippen LogP contribution in [0.4, 0.5) is 0 Å². The van der Waals surface area contributed by atoms with Crippen LogP contribution in [-0.4, -0.2) is 34.9 Å². The van der Waals surface area contributed by atoms with Crippen LogP contribution in [0.25, 0.3) is 0 Å². The second-order valence-electron chi connectivity index (χ2n) is 5.28. The summed E-state index contributed by atoms with van der Waals surface area (Å²) in [6, 6.07) is 10.9. The van der Waals surface area contributed by atoms with E-state index >= 15 is 0 Å². The SMILES string of the molecule is O=C(OCC(=O)N1CCc2ccccc2C1)c1ccnc(Cl)c1. The highest BCUT2D eigenvalue weighted by Crippen LogP contribution is 2.18. The van der Waals surface area contributed by atoms with Gasteiger partial charge in [-0.05, 0) is 29.7 Å². The van der Waals surface area contributed by atoms with E-state index in [0.717, 1.165) is 12.0 Å². The third-order valence-corrected chi connectivity index (χ3v) is 3.98. The van der Waals surface area contributed by atoms with Crippen molar-refractivity contribution in [3.8, 4) is 0 Å². The molecule has 2 heterocycles. The zero-order valence-corrected chi connectivity index (χ0v) is 13.1. The molecular weight excluding hydrogens is 316 g/mol. The smallest absolute Gasteiger partial charge is 0.338 e. The molecule has 0 saturated carbocycles. The second kappa shape index (κ2) is 6.79. The molecule has 0 bridgehead atoms. The van der Waals surface area contributed by atoms with Crippen LogP contribution in [-0.2, 0) is 22.5 Å². The van der Waals surface area contributed by atoms with E-state index < -0.39 is 5.97 Å². The number of pyridine rings is 1. The van der Waals surface area contributed by atoms with Crippen LogP contribution in [0, 0.1) is 0 Å². The summed E-state index contributed by atoms with van der Waals surface area (Å²) in [5, 5.41) is 0.207. The number of benzene rings is 1. The standard InChI is InChI=1S/C17H15ClN2O3/c18-15-9-13(5-7-19-15)17(22)23-11-16(21)20-8-6-12-3-1-2-4-14(12)10-20/h1-5,7,9H,6,8,10-11H2. The van der Waals surface area contributed by atoms with Gasteiger partial charge in [-0.1, -0.05) is 35.9 Å². The molecule has 0 atom stereocenters. The number of hydrogen-bond acceptors (Lipinski definition) is 4. The van der Waals surface area contributed by atoms with E-state index in [1.807, 2.05) is 18.2 Å². The molecular formula is C17H15ClN2O3. The van der Waals surface area contributed by atoms with Gasteiger partial charge in [0.15, 0.2) is 6.61 Å². The first-order valence-electron chi connectivity index (χ1n) is 7.27. The second-order valence-corrected chi connectivity index (χ2v) is 5.66. The Hall–Kier alpha value is -2.40. The summed E-state index contributed by atoms with van der Waals surface area (Å²) in [6.07, 6.45) is 2.23. The predicted octanol–water partition coefficient (Wildman–Crippen LogP) is 2.48. The van der Waals surface area contributed by atoms with E-state index in [1.54, 1.807) is 4.90 Å². The molecule has 6 heteroatoms. The third kappa shape index (κ3) is 3.68. The Balaban J connectivity index is 1.57. The average Bonchev–Trinajstić information content (AvgIpc) is 2.59. The van der Waals surface area contributed by atoms with Crippen molar-refractivity contribution in [1.29, 1.82) is 0 Å². The highest BCUT2D eigenvalue weighted by molar-refractivity contribution is 6.29. The monoisotopic (exact) mass is 330 g/mol. The first-order valence-corrected chi connectivity index (χ1v) is 7.64. The Morgan fingerprint density at radius 2 is 2.00 bits per heavy atom. The molecule has 0 saturated heterocycles. The largest absolute Gasteiger partial charge is 0.452 e. The van der Waals surface area contributed by atoms with Crippen LogP contribution < -0.4 is 0 Å². The molecule has 2 aromatic rings. The minimum atomic E-state index is -0.583. The van der Waals surface area contributed by atoms with Crippen LogP contribution >= 0.6 is 11.6 Å². The number of ether oxygens (including phenoxy) is 1. The number of rotatable bonds is 3. The van der Waals surface area contributed by atoms with Crippen LogP contribution in [0.3, 0.4) is 0 Å². The Labute approximate surface area is 138 Å². The summed E-state index contributed by atoms with van der Waals surface area (Å²) in [5.41, 5.74) is 2.68. The summed E-state index contributed by atoms with van der Waals surface area (Å²) in [7, 11) is 0. The molecule has 1 aliphatic rings. The van der Waals surface area contributed by atoms with Crippen LogP contribution in [0.5, 0.6) is 0 Å². The van der Waals surface area contributed by atoms with Gasteiger partial charge in [0.05, 0.1) is 5.56 Å². The van der Waals surface area contributed by atoms with Gasteiger partial charge in [-0.3, -0.25) is 4.79 Å². The van der Waals surface area contributed by atoms with Crippen LogP contribution in [0.2, 0.25) is 5.15 Å². The summed E-state index contributed by atoms with van der Waals surface area (Å²) < 4.78 is 5.07. The van der Waals surface area contributed by atoms with Gasteiger partial charge in [0.25, 0.3) is 5.91 Å². The highest BCUT2D eigenvalue weighted by Gasteiger charge is 2.21. The lowest BCUT2D eigenvalue weighted by molar-refractivity contribution is -0.135. The van der Waals surface area contributed by atoms with E-state index in [0.29, 0.717) is 13.1 Å². The van der Waals surface area contributed by atoms with Gasteiger partial charge in [-0.2, -0.15) is 0 Å². The maximum Gasteiger partial charge on any atom is 0.338 e. The molecule has 1 aromatic heterocycles. The molecule has 1 aliphatic heterocycles. The molecule has 3 rings (SSSR count). The predicted molar refractivity (Wildman–Crippen MR) is 85.1 cm³/mol. The van der Waals surface area contributed by atoms with E-state index in [4.69, 9.17) is 16.3 Å². The molecule has 1 aromatic carbocycles.